The predicted octanol–water partition coefficient (Wildman–Crippen LogP) is 2.99. The van der Waals surface area contributed by atoms with Crippen molar-refractivity contribution in [1.29, 1.82) is 0 Å². The summed E-state index contributed by atoms with van der Waals surface area (Å²) in [6, 6.07) is 8.61. The molecule has 0 atom stereocenters. The van der Waals surface area contributed by atoms with Crippen molar-refractivity contribution in [3.63, 3.8) is 0 Å². The third kappa shape index (κ3) is 2.83. The van der Waals surface area contributed by atoms with Gasteiger partial charge >= 0.3 is 0 Å². The average molecular weight is 311 g/mol. The monoisotopic (exact) mass is 310 g/mol. The van der Waals surface area contributed by atoms with Crippen molar-refractivity contribution in [3.05, 3.63) is 35.3 Å². The molecule has 4 nitrogen and oxygen atoms in total. The van der Waals surface area contributed by atoms with E-state index in [1.54, 1.807) is 11.3 Å². The van der Waals surface area contributed by atoms with Crippen LogP contribution in [0.25, 0.3) is 0 Å². The van der Waals surface area contributed by atoms with Gasteiger partial charge in [-0.25, -0.2) is 4.98 Å². The Morgan fingerprint density at radius 3 is 2.45 bits per heavy atom. The number of benzene rings is 1. The van der Waals surface area contributed by atoms with Gasteiger partial charge in [0.05, 0.1) is 17.9 Å². The average Bonchev–Trinajstić information content (AvgIpc) is 2.85. The summed E-state index contributed by atoms with van der Waals surface area (Å²) in [5.74, 6) is 0. The zero-order valence-electron chi connectivity index (χ0n) is 11.5. The van der Waals surface area contributed by atoms with Crippen LogP contribution in [0.3, 0.4) is 0 Å². The molecule has 0 radical (unpaired) electrons. The van der Waals surface area contributed by atoms with Gasteiger partial charge in [-0.1, -0.05) is 12.1 Å². The Morgan fingerprint density at radius 2 is 1.85 bits per heavy atom. The molecule has 0 saturated heterocycles. The third-order valence-corrected chi connectivity index (χ3v) is 4.31. The van der Waals surface area contributed by atoms with E-state index in [1.807, 2.05) is 6.20 Å². The molecule has 2 heterocycles. The number of fused-ring (bicyclic) bond motifs is 1. The van der Waals surface area contributed by atoms with Gasteiger partial charge in [0.25, 0.3) is 0 Å². The molecule has 1 aromatic heterocycles. The molecule has 1 aromatic carbocycles. The van der Waals surface area contributed by atoms with Gasteiger partial charge in [0.1, 0.15) is 0 Å². The molecular formula is C14H19ClN4S. The van der Waals surface area contributed by atoms with Gasteiger partial charge in [-0.05, 0) is 19.1 Å². The van der Waals surface area contributed by atoms with Crippen molar-refractivity contribution in [2.45, 2.75) is 13.5 Å². The van der Waals surface area contributed by atoms with Crippen molar-refractivity contribution < 1.29 is 0 Å². The highest BCUT2D eigenvalue weighted by atomic mass is 35.5. The Labute approximate surface area is 129 Å². The molecule has 0 spiro atoms. The number of thiazole rings is 1. The normalized spacial score (nSPS) is 13.8. The number of halogens is 1. The number of nitrogen functional groups attached to an aromatic ring is 1. The van der Waals surface area contributed by atoms with E-state index < -0.39 is 0 Å². The Balaban J connectivity index is 0.00000147. The van der Waals surface area contributed by atoms with E-state index in [1.165, 1.54) is 16.3 Å². The van der Waals surface area contributed by atoms with E-state index in [4.69, 9.17) is 5.73 Å². The molecule has 2 aromatic rings. The van der Waals surface area contributed by atoms with Gasteiger partial charge in [-0.15, -0.1) is 23.7 Å². The molecule has 2 N–H and O–H groups in total. The van der Waals surface area contributed by atoms with Crippen molar-refractivity contribution >= 4 is 40.3 Å². The van der Waals surface area contributed by atoms with Gasteiger partial charge in [0.2, 0.25) is 0 Å². The number of likely N-dealkylation sites (N-methyl/N-ethyl adjacent to an activating group) is 1. The summed E-state index contributed by atoms with van der Waals surface area (Å²) in [4.78, 5) is 10.2. The van der Waals surface area contributed by atoms with Crippen molar-refractivity contribution in [2.75, 3.05) is 35.2 Å². The summed E-state index contributed by atoms with van der Waals surface area (Å²) in [6.07, 6.45) is 1.88. The molecule has 20 heavy (non-hydrogen) atoms. The molecule has 0 saturated carbocycles. The summed E-state index contributed by atoms with van der Waals surface area (Å²) >= 11 is 1.57. The predicted molar refractivity (Wildman–Crippen MR) is 89.2 cm³/mol. The van der Waals surface area contributed by atoms with Crippen LogP contribution in [0, 0.1) is 0 Å². The van der Waals surface area contributed by atoms with Crippen molar-refractivity contribution in [1.82, 2.24) is 4.98 Å². The van der Waals surface area contributed by atoms with Crippen LogP contribution in [0.4, 0.5) is 16.5 Å². The number of aromatic nitrogens is 1. The van der Waals surface area contributed by atoms with Crippen LogP contribution in [0.2, 0.25) is 0 Å². The first-order chi connectivity index (χ1) is 9.28. The summed E-state index contributed by atoms with van der Waals surface area (Å²) in [6.45, 7) is 6.27. The summed E-state index contributed by atoms with van der Waals surface area (Å²) in [7, 11) is 0. The zero-order chi connectivity index (χ0) is 13.2. The van der Waals surface area contributed by atoms with E-state index in [9.17, 15) is 0 Å². The van der Waals surface area contributed by atoms with Gasteiger partial charge in [0, 0.05) is 30.7 Å². The second-order valence-electron chi connectivity index (χ2n) is 4.65. The second-order valence-corrected chi connectivity index (χ2v) is 5.80. The lowest BCUT2D eigenvalue weighted by Crippen LogP contribution is -2.40. The van der Waals surface area contributed by atoms with E-state index in [0.717, 1.165) is 26.2 Å². The molecule has 0 unspecified atom stereocenters. The van der Waals surface area contributed by atoms with Gasteiger partial charge in [0.15, 0.2) is 5.13 Å². The number of rotatable bonds is 3. The topological polar surface area (TPSA) is 45.4 Å². The SMILES string of the molecule is CCN1CCN(Cc2cnc(N)s2)c2ccccc21.Cl. The van der Waals surface area contributed by atoms with Crippen molar-refractivity contribution in [2.24, 2.45) is 0 Å². The largest absolute Gasteiger partial charge is 0.375 e. The Hall–Kier alpha value is -1.46. The fourth-order valence-corrected chi connectivity index (χ4v) is 3.26. The summed E-state index contributed by atoms with van der Waals surface area (Å²) in [5, 5.41) is 0.649. The van der Waals surface area contributed by atoms with Crippen LogP contribution in [0.5, 0.6) is 0 Å². The Morgan fingerprint density at radius 1 is 1.20 bits per heavy atom. The highest BCUT2D eigenvalue weighted by Gasteiger charge is 2.21. The Bertz CT molecular complexity index is 572. The van der Waals surface area contributed by atoms with Crippen LogP contribution in [0.1, 0.15) is 11.8 Å². The molecule has 0 fully saturated rings. The molecule has 1 aliphatic rings. The third-order valence-electron chi connectivity index (χ3n) is 3.50. The number of nitrogens with zero attached hydrogens (tertiary/aromatic N) is 3. The van der Waals surface area contributed by atoms with Gasteiger partial charge < -0.3 is 15.5 Å². The molecular weight excluding hydrogens is 292 g/mol. The lowest BCUT2D eigenvalue weighted by molar-refractivity contribution is 0.711. The molecule has 108 valence electrons. The van der Waals surface area contributed by atoms with E-state index in [2.05, 4.69) is 46.0 Å². The smallest absolute Gasteiger partial charge is 0.180 e. The Kier molecular flexibility index (Phi) is 4.73. The van der Waals surface area contributed by atoms with Crippen molar-refractivity contribution in [3.8, 4) is 0 Å². The minimum atomic E-state index is 0. The minimum Gasteiger partial charge on any atom is -0.375 e. The van der Waals surface area contributed by atoms with E-state index >= 15 is 0 Å². The number of hydrogen-bond acceptors (Lipinski definition) is 5. The number of anilines is 3. The molecule has 0 bridgehead atoms. The highest BCUT2D eigenvalue weighted by molar-refractivity contribution is 7.15. The van der Waals surface area contributed by atoms with Crippen LogP contribution < -0.4 is 15.5 Å². The van der Waals surface area contributed by atoms with Gasteiger partial charge in [-0.2, -0.15) is 0 Å². The quantitative estimate of drug-likeness (QED) is 0.946. The van der Waals surface area contributed by atoms with E-state index in [-0.39, 0.29) is 12.4 Å². The first-order valence-corrected chi connectivity index (χ1v) is 7.38. The maximum Gasteiger partial charge on any atom is 0.180 e. The number of hydrogen-bond donors (Lipinski definition) is 1. The second kappa shape index (κ2) is 6.33. The maximum absolute atomic E-state index is 5.70. The van der Waals surface area contributed by atoms with Crippen LogP contribution in [-0.2, 0) is 6.54 Å². The van der Waals surface area contributed by atoms with Crippen LogP contribution in [0.15, 0.2) is 30.5 Å². The lowest BCUT2D eigenvalue weighted by atomic mass is 10.1. The molecule has 0 amide bonds. The fourth-order valence-electron chi connectivity index (χ4n) is 2.56. The molecule has 0 aliphatic carbocycles. The van der Waals surface area contributed by atoms with Gasteiger partial charge in [-0.3, -0.25) is 0 Å². The number of para-hydroxylation sites is 2. The van der Waals surface area contributed by atoms with Crippen LogP contribution >= 0.6 is 23.7 Å². The summed E-state index contributed by atoms with van der Waals surface area (Å²) in [5.41, 5.74) is 8.34. The first-order valence-electron chi connectivity index (χ1n) is 6.57. The fraction of sp³-hybridized carbons (Fsp3) is 0.357. The first kappa shape index (κ1) is 14.9. The zero-order valence-corrected chi connectivity index (χ0v) is 13.1. The molecule has 3 rings (SSSR count). The standard InChI is InChI=1S/C14H18N4S.ClH/c1-2-17-7-8-18(10-11-9-16-14(15)19-11)13-6-4-3-5-12(13)17;/h3-6,9H,2,7-8,10H2,1H3,(H2,15,16);1H. The number of nitrogens with two attached hydrogens (primary N) is 1. The van der Waals surface area contributed by atoms with Crippen LogP contribution in [-0.4, -0.2) is 24.6 Å². The minimum absolute atomic E-state index is 0. The molecule has 6 heteroatoms. The molecule has 1 aliphatic heterocycles. The highest BCUT2D eigenvalue weighted by Crippen LogP contribution is 2.34. The maximum atomic E-state index is 5.70. The lowest BCUT2D eigenvalue weighted by Gasteiger charge is -2.38. The van der Waals surface area contributed by atoms with E-state index in [0.29, 0.717) is 5.13 Å². The summed E-state index contributed by atoms with van der Waals surface area (Å²) < 4.78 is 0.